The third kappa shape index (κ3) is 4.37. The molecule has 0 aliphatic carbocycles. The van der Waals surface area contributed by atoms with Crippen LogP contribution < -0.4 is 15.4 Å². The minimum absolute atomic E-state index is 0.0930. The zero-order valence-electron chi connectivity index (χ0n) is 18.9. The van der Waals surface area contributed by atoms with Gasteiger partial charge < -0.3 is 25.2 Å². The lowest BCUT2D eigenvalue weighted by Gasteiger charge is -2.20. The summed E-state index contributed by atoms with van der Waals surface area (Å²) in [6.07, 6.45) is 4.13. The van der Waals surface area contributed by atoms with Crippen molar-refractivity contribution in [1.29, 1.82) is 0 Å². The molecular formula is C25H29N5O3. The van der Waals surface area contributed by atoms with Crippen LogP contribution in [0.2, 0.25) is 0 Å². The fourth-order valence-corrected chi connectivity index (χ4v) is 4.62. The van der Waals surface area contributed by atoms with E-state index < -0.39 is 0 Å². The first-order chi connectivity index (χ1) is 16.1. The van der Waals surface area contributed by atoms with Crippen molar-refractivity contribution in [2.24, 2.45) is 0 Å². The highest BCUT2D eigenvalue weighted by Gasteiger charge is 2.21. The number of carbonyl (C=O) groups excluding carboxylic acids is 2. The number of carbonyl (C=O) groups is 2. The van der Waals surface area contributed by atoms with Gasteiger partial charge in [-0.1, -0.05) is 0 Å². The topological polar surface area (TPSA) is 86.8 Å². The fourth-order valence-electron chi connectivity index (χ4n) is 4.62. The lowest BCUT2D eigenvalue weighted by Crippen LogP contribution is -2.32. The van der Waals surface area contributed by atoms with Gasteiger partial charge in [0.1, 0.15) is 5.75 Å². The fraction of sp³-hybridized carbons (Fsp3) is 0.400. The molecule has 2 aliphatic heterocycles. The molecule has 3 heterocycles. The second-order valence-corrected chi connectivity index (χ2v) is 8.58. The number of amides is 4. The lowest BCUT2D eigenvalue weighted by molar-refractivity contribution is 0.222. The summed E-state index contributed by atoms with van der Waals surface area (Å²) in [6, 6.07) is 11.1. The lowest BCUT2D eigenvalue weighted by atomic mass is 10.1. The molecule has 0 bridgehead atoms. The number of fused-ring (bicyclic) bond motifs is 2. The zero-order chi connectivity index (χ0) is 22.8. The van der Waals surface area contributed by atoms with Gasteiger partial charge in [-0.2, -0.15) is 0 Å². The maximum Gasteiger partial charge on any atom is 0.321 e. The first-order valence-electron chi connectivity index (χ1n) is 11.7. The second kappa shape index (κ2) is 9.13. The van der Waals surface area contributed by atoms with Crippen LogP contribution in [0.3, 0.4) is 0 Å². The van der Waals surface area contributed by atoms with Crippen molar-refractivity contribution >= 4 is 45.2 Å². The van der Waals surface area contributed by atoms with Gasteiger partial charge in [-0.3, -0.25) is 0 Å². The van der Waals surface area contributed by atoms with Crippen molar-refractivity contribution in [3.8, 4) is 5.75 Å². The predicted molar refractivity (Wildman–Crippen MR) is 130 cm³/mol. The van der Waals surface area contributed by atoms with E-state index >= 15 is 0 Å². The largest absolute Gasteiger partial charge is 0.494 e. The van der Waals surface area contributed by atoms with Gasteiger partial charge in [0.15, 0.2) is 0 Å². The molecule has 8 nitrogen and oxygen atoms in total. The Kier molecular flexibility index (Phi) is 5.90. The van der Waals surface area contributed by atoms with Crippen LogP contribution >= 0.6 is 0 Å². The van der Waals surface area contributed by atoms with Gasteiger partial charge in [-0.05, 0) is 62.9 Å². The van der Waals surface area contributed by atoms with Gasteiger partial charge in [0.05, 0.1) is 23.3 Å². The second-order valence-electron chi connectivity index (χ2n) is 8.58. The molecule has 0 atom stereocenters. The molecular weight excluding hydrogens is 418 g/mol. The number of ether oxygens (including phenoxy) is 1. The highest BCUT2D eigenvalue weighted by atomic mass is 16.5. The van der Waals surface area contributed by atoms with E-state index in [2.05, 4.69) is 10.6 Å². The van der Waals surface area contributed by atoms with Crippen molar-refractivity contribution in [3.05, 3.63) is 36.4 Å². The molecule has 0 spiro atoms. The molecule has 3 aromatic rings. The summed E-state index contributed by atoms with van der Waals surface area (Å²) in [5, 5.41) is 7.77. The molecule has 33 heavy (non-hydrogen) atoms. The molecule has 1 aromatic heterocycles. The third-order valence-corrected chi connectivity index (χ3v) is 6.33. The number of rotatable bonds is 4. The molecule has 2 saturated heterocycles. The van der Waals surface area contributed by atoms with Gasteiger partial charge in [0, 0.05) is 48.7 Å². The maximum atomic E-state index is 13.0. The Morgan fingerprint density at radius 2 is 1.52 bits per heavy atom. The SMILES string of the molecule is CCOc1ccc2c(NC(=O)N3CCCC3)c3cc(NC(=O)N4CCCC4)ccc3nc2c1. The first kappa shape index (κ1) is 21.3. The maximum absolute atomic E-state index is 13.0. The zero-order valence-corrected chi connectivity index (χ0v) is 18.9. The summed E-state index contributed by atoms with van der Waals surface area (Å²) in [4.78, 5) is 34.1. The molecule has 8 heteroatoms. The number of hydrogen-bond donors (Lipinski definition) is 2. The van der Waals surface area contributed by atoms with Gasteiger partial charge in [0.2, 0.25) is 0 Å². The van der Waals surface area contributed by atoms with Crippen molar-refractivity contribution in [2.45, 2.75) is 32.6 Å². The number of nitrogens with one attached hydrogen (secondary N) is 2. The van der Waals surface area contributed by atoms with Crippen LogP contribution in [-0.2, 0) is 0 Å². The standard InChI is InChI=1S/C25H29N5O3/c1-2-33-18-8-9-19-22(16-18)27-21-10-7-17(26-24(31)29-11-3-4-12-29)15-20(21)23(19)28-25(32)30-13-5-6-14-30/h7-10,15-16H,2-6,11-14H2,1H3,(H,26,31)(H,27,28,32). The van der Waals surface area contributed by atoms with Crippen molar-refractivity contribution in [3.63, 3.8) is 0 Å². The van der Waals surface area contributed by atoms with Crippen LogP contribution in [0.1, 0.15) is 32.6 Å². The average molecular weight is 448 g/mol. The summed E-state index contributed by atoms with van der Waals surface area (Å²) < 4.78 is 5.65. The molecule has 2 N–H and O–H groups in total. The molecule has 2 aromatic carbocycles. The smallest absolute Gasteiger partial charge is 0.321 e. The Balaban J connectivity index is 1.56. The summed E-state index contributed by atoms with van der Waals surface area (Å²) >= 11 is 0. The summed E-state index contributed by atoms with van der Waals surface area (Å²) in [5.74, 6) is 0.739. The Hall–Kier alpha value is -3.55. The number of anilines is 2. The molecule has 0 saturated carbocycles. The van der Waals surface area contributed by atoms with E-state index in [0.717, 1.165) is 79.4 Å². The van der Waals surface area contributed by atoms with Gasteiger partial charge in [-0.25, -0.2) is 14.6 Å². The summed E-state index contributed by atoms with van der Waals surface area (Å²) in [7, 11) is 0. The van der Waals surface area contributed by atoms with Crippen LogP contribution in [0, 0.1) is 0 Å². The number of aromatic nitrogens is 1. The van der Waals surface area contributed by atoms with Crippen molar-refractivity contribution < 1.29 is 14.3 Å². The Morgan fingerprint density at radius 1 is 0.848 bits per heavy atom. The average Bonchev–Trinajstić information content (AvgIpc) is 3.54. The molecule has 0 unspecified atom stereocenters. The van der Waals surface area contributed by atoms with Crippen molar-refractivity contribution in [1.82, 2.24) is 14.8 Å². The predicted octanol–water partition coefficient (Wildman–Crippen LogP) is 5.04. The van der Waals surface area contributed by atoms with Gasteiger partial charge >= 0.3 is 12.1 Å². The molecule has 0 radical (unpaired) electrons. The van der Waals surface area contributed by atoms with Crippen LogP contribution in [0.15, 0.2) is 36.4 Å². The Labute approximate surface area is 192 Å². The Morgan fingerprint density at radius 3 is 2.18 bits per heavy atom. The number of pyridine rings is 1. The van der Waals surface area contributed by atoms with E-state index in [4.69, 9.17) is 9.72 Å². The molecule has 2 aliphatic rings. The van der Waals surface area contributed by atoms with Crippen LogP contribution in [0.25, 0.3) is 21.8 Å². The number of benzene rings is 2. The monoisotopic (exact) mass is 447 g/mol. The summed E-state index contributed by atoms with van der Waals surface area (Å²) in [6.45, 7) is 5.60. The highest BCUT2D eigenvalue weighted by molar-refractivity contribution is 6.13. The van der Waals surface area contributed by atoms with Crippen LogP contribution in [-0.4, -0.2) is 59.6 Å². The molecule has 2 fully saturated rings. The van der Waals surface area contributed by atoms with E-state index in [1.807, 2.05) is 53.1 Å². The molecule has 4 amide bonds. The normalized spacial score (nSPS) is 15.9. The van der Waals surface area contributed by atoms with Gasteiger partial charge in [-0.15, -0.1) is 0 Å². The number of urea groups is 2. The highest BCUT2D eigenvalue weighted by Crippen LogP contribution is 2.34. The van der Waals surface area contributed by atoms with E-state index in [-0.39, 0.29) is 12.1 Å². The first-order valence-corrected chi connectivity index (χ1v) is 11.7. The number of hydrogen-bond acceptors (Lipinski definition) is 4. The quantitative estimate of drug-likeness (QED) is 0.549. The van der Waals surface area contributed by atoms with E-state index in [9.17, 15) is 9.59 Å². The minimum Gasteiger partial charge on any atom is -0.494 e. The van der Waals surface area contributed by atoms with Gasteiger partial charge in [0.25, 0.3) is 0 Å². The van der Waals surface area contributed by atoms with E-state index in [1.165, 1.54) is 0 Å². The van der Waals surface area contributed by atoms with E-state index in [0.29, 0.717) is 18.0 Å². The number of nitrogens with zero attached hydrogens (tertiary/aromatic N) is 3. The number of likely N-dealkylation sites (tertiary alicyclic amines) is 2. The van der Waals surface area contributed by atoms with Crippen LogP contribution in [0.5, 0.6) is 5.75 Å². The molecule has 172 valence electrons. The minimum atomic E-state index is -0.110. The van der Waals surface area contributed by atoms with Crippen molar-refractivity contribution in [2.75, 3.05) is 43.4 Å². The molecule has 5 rings (SSSR count). The Bertz CT molecular complexity index is 1200. The van der Waals surface area contributed by atoms with Crippen LogP contribution in [0.4, 0.5) is 21.0 Å². The third-order valence-electron chi connectivity index (χ3n) is 6.33. The van der Waals surface area contributed by atoms with E-state index in [1.54, 1.807) is 0 Å². The summed E-state index contributed by atoms with van der Waals surface area (Å²) in [5.41, 5.74) is 2.88.